The molecule has 0 fully saturated rings. The van der Waals surface area contributed by atoms with Gasteiger partial charge in [-0.25, -0.2) is 0 Å². The van der Waals surface area contributed by atoms with Crippen molar-refractivity contribution in [2.75, 3.05) is 6.54 Å². The van der Waals surface area contributed by atoms with Crippen molar-refractivity contribution in [2.45, 2.75) is 6.61 Å². The first-order valence-electron chi connectivity index (χ1n) is 8.27. The Bertz CT molecular complexity index is 991. The lowest BCUT2D eigenvalue weighted by Gasteiger charge is -2.15. The second kappa shape index (κ2) is 6.87. The average molecular weight is 361 g/mol. The molecule has 3 aromatic rings. The molecule has 7 nitrogen and oxygen atoms in total. The van der Waals surface area contributed by atoms with E-state index in [2.05, 4.69) is 16.8 Å². The van der Waals surface area contributed by atoms with Crippen molar-refractivity contribution in [3.8, 4) is 11.5 Å². The Morgan fingerprint density at radius 1 is 1.04 bits per heavy atom. The maximum absolute atomic E-state index is 12.4. The van der Waals surface area contributed by atoms with E-state index in [0.717, 1.165) is 11.1 Å². The molecule has 1 aliphatic rings. The Morgan fingerprint density at radius 2 is 1.74 bits per heavy atom. The first kappa shape index (κ1) is 16.7. The summed E-state index contributed by atoms with van der Waals surface area (Å²) in [6.45, 7) is 3.50. The van der Waals surface area contributed by atoms with Gasteiger partial charge in [-0.3, -0.25) is 14.5 Å². The van der Waals surface area contributed by atoms with Gasteiger partial charge in [0.15, 0.2) is 6.61 Å². The van der Waals surface area contributed by atoms with E-state index in [-0.39, 0.29) is 24.9 Å². The van der Waals surface area contributed by atoms with Crippen molar-refractivity contribution in [2.24, 2.45) is 0 Å². The van der Waals surface area contributed by atoms with Gasteiger partial charge < -0.3 is 9.15 Å². The van der Waals surface area contributed by atoms with Gasteiger partial charge in [-0.1, -0.05) is 43.0 Å². The number of hydrogen-bond acceptors (Lipinski definition) is 6. The number of aromatic nitrogens is 2. The first-order valence-corrected chi connectivity index (χ1v) is 8.27. The Kier molecular flexibility index (Phi) is 4.25. The highest BCUT2D eigenvalue weighted by atomic mass is 16.5. The maximum Gasteiger partial charge on any atom is 0.326 e. The van der Waals surface area contributed by atoms with Crippen LogP contribution in [-0.4, -0.2) is 33.5 Å². The highest BCUT2D eigenvalue weighted by Crippen LogP contribution is 2.30. The molecule has 1 aromatic heterocycles. The Morgan fingerprint density at radius 3 is 2.48 bits per heavy atom. The van der Waals surface area contributed by atoms with Gasteiger partial charge in [0, 0.05) is 22.4 Å². The molecule has 0 N–H and O–H groups in total. The van der Waals surface area contributed by atoms with Crippen LogP contribution < -0.4 is 0 Å². The van der Waals surface area contributed by atoms with Gasteiger partial charge in [-0.15, -0.1) is 10.2 Å². The summed E-state index contributed by atoms with van der Waals surface area (Å²) in [6, 6.07) is 16.4. The van der Waals surface area contributed by atoms with Crippen LogP contribution in [-0.2, 0) is 16.1 Å². The molecule has 7 heteroatoms. The number of ether oxygens (including phenoxy) is 1. The average Bonchev–Trinajstić information content (AvgIpc) is 3.27. The van der Waals surface area contributed by atoms with Crippen LogP contribution in [0.1, 0.15) is 21.8 Å². The van der Waals surface area contributed by atoms with Crippen molar-refractivity contribution in [1.29, 1.82) is 0 Å². The van der Waals surface area contributed by atoms with Crippen molar-refractivity contribution in [3.05, 3.63) is 78.2 Å². The lowest BCUT2D eigenvalue weighted by molar-refractivity contribution is -0.145. The summed E-state index contributed by atoms with van der Waals surface area (Å²) in [5, 5.41) is 7.80. The van der Waals surface area contributed by atoms with Crippen molar-refractivity contribution >= 4 is 17.6 Å². The van der Waals surface area contributed by atoms with Crippen LogP contribution in [0.25, 0.3) is 17.2 Å². The van der Waals surface area contributed by atoms with E-state index in [1.54, 1.807) is 18.2 Å². The Hall–Kier alpha value is -3.74. The summed E-state index contributed by atoms with van der Waals surface area (Å²) in [4.78, 5) is 25.8. The van der Waals surface area contributed by atoms with E-state index in [1.165, 1.54) is 4.90 Å². The summed E-state index contributed by atoms with van der Waals surface area (Å²) in [5.41, 5.74) is 2.51. The van der Waals surface area contributed by atoms with Gasteiger partial charge in [-0.05, 0) is 18.2 Å². The molecule has 2 aromatic carbocycles. The van der Waals surface area contributed by atoms with Gasteiger partial charge in [-0.2, -0.15) is 0 Å². The van der Waals surface area contributed by atoms with Crippen molar-refractivity contribution in [3.63, 3.8) is 0 Å². The molecule has 4 rings (SSSR count). The Labute approximate surface area is 154 Å². The summed E-state index contributed by atoms with van der Waals surface area (Å²) < 4.78 is 10.6. The third kappa shape index (κ3) is 3.22. The number of fused-ring (bicyclic) bond motifs is 1. The number of carbonyl (C=O) groups is 2. The lowest BCUT2D eigenvalue weighted by Crippen LogP contribution is -2.30. The van der Waals surface area contributed by atoms with Gasteiger partial charge >= 0.3 is 5.97 Å². The SMILES string of the molecule is C=C1c2ccccc2C(=O)N1CC(=O)OCc1nnc(-c2ccccc2)o1. The fourth-order valence-electron chi connectivity index (χ4n) is 2.83. The molecular weight excluding hydrogens is 346 g/mol. The van der Waals surface area contributed by atoms with Gasteiger partial charge in [0.1, 0.15) is 6.54 Å². The molecule has 0 spiro atoms. The predicted molar refractivity (Wildman–Crippen MR) is 96.0 cm³/mol. The van der Waals surface area contributed by atoms with Crippen LogP contribution in [0.2, 0.25) is 0 Å². The van der Waals surface area contributed by atoms with E-state index in [9.17, 15) is 9.59 Å². The molecule has 0 saturated carbocycles. The number of amides is 1. The number of nitrogens with zero attached hydrogens (tertiary/aromatic N) is 3. The molecule has 27 heavy (non-hydrogen) atoms. The molecule has 134 valence electrons. The Balaban J connectivity index is 1.37. The molecule has 0 unspecified atom stereocenters. The largest absolute Gasteiger partial charge is 0.454 e. The third-order valence-corrected chi connectivity index (χ3v) is 4.17. The molecule has 0 bridgehead atoms. The third-order valence-electron chi connectivity index (χ3n) is 4.17. The van der Waals surface area contributed by atoms with E-state index in [1.807, 2.05) is 36.4 Å². The van der Waals surface area contributed by atoms with Gasteiger partial charge in [0.2, 0.25) is 5.89 Å². The van der Waals surface area contributed by atoms with Crippen LogP contribution in [0.15, 0.2) is 65.6 Å². The minimum atomic E-state index is -0.586. The second-order valence-electron chi connectivity index (χ2n) is 5.91. The van der Waals surface area contributed by atoms with Crippen molar-refractivity contribution < 1.29 is 18.7 Å². The molecule has 0 atom stereocenters. The second-order valence-corrected chi connectivity index (χ2v) is 5.91. The number of hydrogen-bond donors (Lipinski definition) is 0. The monoisotopic (exact) mass is 361 g/mol. The van der Waals surface area contributed by atoms with Crippen molar-refractivity contribution in [1.82, 2.24) is 15.1 Å². The van der Waals surface area contributed by atoms with E-state index in [0.29, 0.717) is 17.2 Å². The molecule has 0 saturated heterocycles. The van der Waals surface area contributed by atoms with Gasteiger partial charge in [0.25, 0.3) is 11.8 Å². The summed E-state index contributed by atoms with van der Waals surface area (Å²) in [6.07, 6.45) is 0. The molecule has 2 heterocycles. The molecule has 1 aliphatic heterocycles. The first-order chi connectivity index (χ1) is 13.1. The molecular formula is C20H15N3O4. The van der Waals surface area contributed by atoms with Crippen LogP contribution >= 0.6 is 0 Å². The zero-order chi connectivity index (χ0) is 18.8. The highest BCUT2D eigenvalue weighted by Gasteiger charge is 2.32. The zero-order valence-corrected chi connectivity index (χ0v) is 14.3. The van der Waals surface area contributed by atoms with E-state index in [4.69, 9.17) is 9.15 Å². The topological polar surface area (TPSA) is 85.5 Å². The number of esters is 1. The summed E-state index contributed by atoms with van der Waals surface area (Å²) in [7, 11) is 0. The van der Waals surface area contributed by atoms with Gasteiger partial charge in [0.05, 0.1) is 0 Å². The zero-order valence-electron chi connectivity index (χ0n) is 14.3. The van der Waals surface area contributed by atoms with Crippen LogP contribution in [0.3, 0.4) is 0 Å². The van der Waals surface area contributed by atoms with Crippen LogP contribution in [0, 0.1) is 0 Å². The van der Waals surface area contributed by atoms with Crippen LogP contribution in [0.5, 0.6) is 0 Å². The highest BCUT2D eigenvalue weighted by molar-refractivity contribution is 6.10. The summed E-state index contributed by atoms with van der Waals surface area (Å²) >= 11 is 0. The fourth-order valence-corrected chi connectivity index (χ4v) is 2.83. The number of carbonyl (C=O) groups excluding carboxylic acids is 2. The molecule has 0 aliphatic carbocycles. The maximum atomic E-state index is 12.4. The van der Waals surface area contributed by atoms with E-state index < -0.39 is 5.97 Å². The molecule has 1 amide bonds. The normalized spacial score (nSPS) is 13.0. The molecule has 0 radical (unpaired) electrons. The standard InChI is InChI=1S/C20H15N3O4/c1-13-15-9-5-6-10-16(15)20(25)23(13)11-18(24)26-12-17-21-22-19(27-17)14-7-3-2-4-8-14/h2-10H,1,11-12H2. The number of benzene rings is 2. The summed E-state index contributed by atoms with van der Waals surface area (Å²) in [5.74, 6) is -0.328. The van der Waals surface area contributed by atoms with Crippen LogP contribution in [0.4, 0.5) is 0 Å². The number of rotatable bonds is 5. The minimum Gasteiger partial charge on any atom is -0.454 e. The fraction of sp³-hybridized carbons (Fsp3) is 0.100. The van der Waals surface area contributed by atoms with E-state index >= 15 is 0 Å². The lowest BCUT2D eigenvalue weighted by atomic mass is 10.1. The minimum absolute atomic E-state index is 0.167. The smallest absolute Gasteiger partial charge is 0.326 e. The predicted octanol–water partition coefficient (Wildman–Crippen LogP) is 2.91. The quantitative estimate of drug-likeness (QED) is 0.650.